The van der Waals surface area contributed by atoms with Crippen LogP contribution in [-0.4, -0.2) is 51.3 Å². The fourth-order valence-corrected chi connectivity index (χ4v) is 1.72. The molecular formula is C16H30N6O8S2. The monoisotopic (exact) mass is 498 g/mol. The smallest absolute Gasteiger partial charge is 0.243 e. The zero-order valence-corrected chi connectivity index (χ0v) is 20.6. The van der Waals surface area contributed by atoms with Gasteiger partial charge in [-0.15, -0.1) is 0 Å². The molecule has 0 amide bonds. The highest BCUT2D eigenvalue weighted by Crippen LogP contribution is 1.74. The van der Waals surface area contributed by atoms with Crippen LogP contribution in [0, 0.1) is 0 Å². The first-order valence-electron chi connectivity index (χ1n) is 8.52. The molecule has 0 saturated heterocycles. The molecule has 0 aromatic carbocycles. The summed E-state index contributed by atoms with van der Waals surface area (Å²) in [5, 5.41) is 0. The van der Waals surface area contributed by atoms with E-state index in [1.165, 1.54) is 0 Å². The van der Waals surface area contributed by atoms with Crippen molar-refractivity contribution in [3.05, 3.63) is 56.2 Å². The zero-order chi connectivity index (χ0) is 25.5. The van der Waals surface area contributed by atoms with Crippen LogP contribution in [0.4, 0.5) is 0 Å². The van der Waals surface area contributed by atoms with Gasteiger partial charge in [-0.25, -0.2) is 35.8 Å². The van der Waals surface area contributed by atoms with Gasteiger partial charge in [0.1, 0.15) is 37.2 Å². The Morgan fingerprint density at radius 2 is 0.844 bits per heavy atom. The van der Waals surface area contributed by atoms with Crippen LogP contribution in [0.1, 0.15) is 0 Å². The first-order valence-corrected chi connectivity index (χ1v) is 11.2. The average Bonchev–Trinajstić information content (AvgIpc) is 3.30. The molecule has 0 aliphatic carbocycles. The zero-order valence-electron chi connectivity index (χ0n) is 19.0. The third kappa shape index (κ3) is 25.4. The molecule has 14 nitrogen and oxygen atoms in total. The third-order valence-electron chi connectivity index (χ3n) is 2.91. The van der Waals surface area contributed by atoms with Gasteiger partial charge >= 0.3 is 0 Å². The standard InChI is InChI=1S/3C5H9N2.CH4O4S.H2O4S/c3*1-6-3-4-7(2)5-6;1-5-6(2,3)4;1-5(2,3)4/h3*3-5H,1-2H3;1H3,(H,2,3,4);(H2,1,2,3,4)/q3*+1;;/p-3. The highest BCUT2D eigenvalue weighted by molar-refractivity contribution is 7.80. The van der Waals surface area contributed by atoms with E-state index in [1.54, 1.807) is 0 Å². The minimum atomic E-state index is -5.17. The molecule has 0 radical (unpaired) electrons. The summed E-state index contributed by atoms with van der Waals surface area (Å²) in [6, 6.07) is 0. The SMILES string of the molecule is COS(=O)(=O)[O-].Cn1cc[n+](C)c1.Cn1cc[n+](C)c1.Cn1cc[n+](C)c1.O=S(=O)([O-])[O-]. The molecule has 0 aliphatic rings. The number of hydrogen-bond acceptors (Lipinski definition) is 8. The third-order valence-corrected chi connectivity index (χ3v) is 3.32. The van der Waals surface area contributed by atoms with Gasteiger partial charge in [-0.1, -0.05) is 0 Å². The minimum Gasteiger partial charge on any atom is -0.759 e. The average molecular weight is 499 g/mol. The van der Waals surface area contributed by atoms with Crippen LogP contribution in [0.25, 0.3) is 0 Å². The largest absolute Gasteiger partial charge is 0.759 e. The van der Waals surface area contributed by atoms with Crippen molar-refractivity contribution in [1.29, 1.82) is 0 Å². The van der Waals surface area contributed by atoms with Crippen LogP contribution in [-0.2, 0) is 67.3 Å². The summed E-state index contributed by atoms with van der Waals surface area (Å²) in [5.41, 5.74) is 0. The van der Waals surface area contributed by atoms with Gasteiger partial charge in [0.25, 0.3) is 0 Å². The lowest BCUT2D eigenvalue weighted by atomic mass is 10.9. The molecule has 3 heterocycles. The summed E-state index contributed by atoms with van der Waals surface area (Å²) < 4.78 is 77.1. The summed E-state index contributed by atoms with van der Waals surface area (Å²) in [6.45, 7) is 0. The lowest BCUT2D eigenvalue weighted by molar-refractivity contribution is -0.671. The van der Waals surface area contributed by atoms with E-state index in [1.807, 2.05) is 126 Å². The van der Waals surface area contributed by atoms with E-state index < -0.39 is 20.8 Å². The van der Waals surface area contributed by atoms with Gasteiger partial charge in [0.2, 0.25) is 29.4 Å². The Labute approximate surface area is 188 Å². The molecule has 0 N–H and O–H groups in total. The molecule has 184 valence electrons. The summed E-state index contributed by atoms with van der Waals surface area (Å²) in [5.74, 6) is 0. The predicted octanol–water partition coefficient (Wildman–Crippen LogP) is -2.70. The second-order valence-electron chi connectivity index (χ2n) is 6.22. The van der Waals surface area contributed by atoms with Gasteiger partial charge in [-0.3, -0.25) is 12.6 Å². The number of aryl methyl sites for hydroxylation is 6. The van der Waals surface area contributed by atoms with Crippen LogP contribution in [0.5, 0.6) is 0 Å². The summed E-state index contributed by atoms with van der Waals surface area (Å²) in [7, 11) is 3.23. The van der Waals surface area contributed by atoms with E-state index in [-0.39, 0.29) is 0 Å². The van der Waals surface area contributed by atoms with Crippen molar-refractivity contribution in [1.82, 2.24) is 13.7 Å². The molecule has 3 aromatic rings. The van der Waals surface area contributed by atoms with E-state index in [2.05, 4.69) is 4.18 Å². The number of hydrogen-bond donors (Lipinski definition) is 0. The first-order chi connectivity index (χ1) is 14.4. The maximum absolute atomic E-state index is 9.22. The molecule has 0 atom stereocenters. The Hall–Kier alpha value is -2.63. The molecule has 16 heteroatoms. The highest BCUT2D eigenvalue weighted by atomic mass is 32.3. The van der Waals surface area contributed by atoms with Crippen molar-refractivity contribution >= 4 is 20.8 Å². The fraction of sp³-hybridized carbons (Fsp3) is 0.438. The lowest BCUT2D eigenvalue weighted by Crippen LogP contribution is -2.23. The number of aromatic nitrogens is 6. The molecule has 0 bridgehead atoms. The number of nitrogens with zero attached hydrogens (tertiary/aromatic N) is 6. The molecule has 32 heavy (non-hydrogen) atoms. The van der Waals surface area contributed by atoms with Crippen LogP contribution >= 0.6 is 0 Å². The van der Waals surface area contributed by atoms with Crippen molar-refractivity contribution in [3.8, 4) is 0 Å². The first kappa shape index (κ1) is 31.6. The highest BCUT2D eigenvalue weighted by Gasteiger charge is 1.88. The van der Waals surface area contributed by atoms with Crippen LogP contribution in [0.3, 0.4) is 0 Å². The molecule has 3 aromatic heterocycles. The summed E-state index contributed by atoms with van der Waals surface area (Å²) in [6.07, 6.45) is 18.0. The summed E-state index contributed by atoms with van der Waals surface area (Å²) >= 11 is 0. The van der Waals surface area contributed by atoms with E-state index in [0.29, 0.717) is 0 Å². The molecule has 3 rings (SSSR count). The second kappa shape index (κ2) is 15.2. The van der Waals surface area contributed by atoms with Crippen molar-refractivity contribution in [2.45, 2.75) is 0 Å². The Balaban J connectivity index is 0. The molecular weight excluding hydrogens is 468 g/mol. The van der Waals surface area contributed by atoms with E-state index in [0.717, 1.165) is 7.11 Å². The van der Waals surface area contributed by atoms with E-state index in [9.17, 15) is 13.0 Å². The quantitative estimate of drug-likeness (QED) is 0.198. The maximum Gasteiger partial charge on any atom is 0.243 e. The van der Waals surface area contributed by atoms with Crippen molar-refractivity contribution in [2.75, 3.05) is 7.11 Å². The van der Waals surface area contributed by atoms with Crippen molar-refractivity contribution in [2.24, 2.45) is 42.3 Å². The molecule has 0 unspecified atom stereocenters. The second-order valence-corrected chi connectivity index (χ2v) is 8.18. The van der Waals surface area contributed by atoms with Crippen molar-refractivity contribution < 1.29 is 48.4 Å². The van der Waals surface area contributed by atoms with Gasteiger partial charge in [0, 0.05) is 10.4 Å². The number of imidazole rings is 3. The van der Waals surface area contributed by atoms with Gasteiger partial charge in [0.05, 0.1) is 49.4 Å². The van der Waals surface area contributed by atoms with Crippen LogP contribution in [0.15, 0.2) is 56.2 Å². The van der Waals surface area contributed by atoms with E-state index in [4.69, 9.17) is 17.5 Å². The molecule has 0 spiro atoms. The Kier molecular flexibility index (Phi) is 15.0. The molecule has 0 aliphatic heterocycles. The van der Waals surface area contributed by atoms with Gasteiger partial charge in [0.15, 0.2) is 0 Å². The lowest BCUT2D eigenvalue weighted by Gasteiger charge is -2.06. The van der Waals surface area contributed by atoms with Gasteiger partial charge in [-0.05, 0) is 0 Å². The Bertz CT molecular complexity index is 955. The van der Waals surface area contributed by atoms with E-state index >= 15 is 0 Å². The summed E-state index contributed by atoms with van der Waals surface area (Å²) in [4.78, 5) is 0. The Morgan fingerprint density at radius 1 is 0.656 bits per heavy atom. The fourth-order valence-electron chi connectivity index (χ4n) is 1.72. The normalized spacial score (nSPS) is 10.2. The maximum atomic E-state index is 9.22. The topological polar surface area (TPSA) is 173 Å². The minimum absolute atomic E-state index is 0.808. The van der Waals surface area contributed by atoms with Crippen LogP contribution in [0.2, 0.25) is 0 Å². The van der Waals surface area contributed by atoms with Crippen molar-refractivity contribution in [3.63, 3.8) is 0 Å². The molecule has 0 saturated carbocycles. The number of rotatable bonds is 1. The Morgan fingerprint density at radius 3 is 0.875 bits per heavy atom. The van der Waals surface area contributed by atoms with Gasteiger partial charge < -0.3 is 13.7 Å². The predicted molar refractivity (Wildman–Crippen MR) is 107 cm³/mol. The molecule has 0 fully saturated rings. The van der Waals surface area contributed by atoms with Gasteiger partial charge in [-0.2, -0.15) is 0 Å². The van der Waals surface area contributed by atoms with Crippen LogP contribution < -0.4 is 13.7 Å².